The molecule has 1 heterocycles. The molecule has 3 aliphatic rings. The molecule has 3 rings (SSSR count). The summed E-state index contributed by atoms with van der Waals surface area (Å²) in [6.07, 6.45) is 11.2. The molecule has 0 radical (unpaired) electrons. The van der Waals surface area contributed by atoms with Crippen LogP contribution in [0.4, 0.5) is 0 Å². The van der Waals surface area contributed by atoms with Crippen molar-refractivity contribution in [1.29, 1.82) is 0 Å². The summed E-state index contributed by atoms with van der Waals surface area (Å²) in [5, 5.41) is 9.66. The predicted octanol–water partition coefficient (Wildman–Crippen LogP) is 3.88. The fraction of sp³-hybridized carbons (Fsp3) is 1.00. The molecular formula is C18H32O3. The van der Waals surface area contributed by atoms with E-state index in [1.54, 1.807) is 0 Å². The number of aliphatic hydroxyl groups excluding tert-OH is 1. The third kappa shape index (κ3) is 3.80. The maximum atomic E-state index is 9.66. The second kappa shape index (κ2) is 6.97. The Kier molecular flexibility index (Phi) is 5.23. The molecule has 122 valence electrons. The van der Waals surface area contributed by atoms with Crippen LogP contribution in [0.15, 0.2) is 0 Å². The Bertz CT molecular complexity index is 330. The number of hydrogen-bond donors (Lipinski definition) is 1. The smallest absolute Gasteiger partial charge is 0.161 e. The highest BCUT2D eigenvalue weighted by Crippen LogP contribution is 2.46. The second-order valence-corrected chi connectivity index (χ2v) is 7.64. The van der Waals surface area contributed by atoms with Gasteiger partial charge in [0.05, 0.1) is 18.3 Å². The molecule has 7 atom stereocenters. The molecule has 0 amide bonds. The van der Waals surface area contributed by atoms with Crippen LogP contribution in [0.3, 0.4) is 0 Å². The topological polar surface area (TPSA) is 38.7 Å². The average molecular weight is 296 g/mol. The van der Waals surface area contributed by atoms with Crippen molar-refractivity contribution in [3.8, 4) is 0 Å². The SMILES string of the molecule is CCC1CC(CC(C)O)OC(C2CCC3CCCC3C2)O1. The van der Waals surface area contributed by atoms with Crippen molar-refractivity contribution in [3.63, 3.8) is 0 Å². The third-order valence-corrected chi connectivity index (χ3v) is 5.95. The van der Waals surface area contributed by atoms with Gasteiger partial charge < -0.3 is 14.6 Å². The molecule has 1 saturated heterocycles. The maximum absolute atomic E-state index is 9.66. The van der Waals surface area contributed by atoms with Gasteiger partial charge in [0.2, 0.25) is 0 Å². The normalized spacial score (nSPS) is 45.3. The number of rotatable bonds is 4. The minimum atomic E-state index is -0.281. The van der Waals surface area contributed by atoms with E-state index in [0.717, 1.165) is 31.1 Å². The Balaban J connectivity index is 1.60. The van der Waals surface area contributed by atoms with Gasteiger partial charge >= 0.3 is 0 Å². The molecule has 1 N–H and O–H groups in total. The van der Waals surface area contributed by atoms with E-state index in [-0.39, 0.29) is 18.5 Å². The van der Waals surface area contributed by atoms with Crippen LogP contribution in [0.5, 0.6) is 0 Å². The van der Waals surface area contributed by atoms with Crippen molar-refractivity contribution in [3.05, 3.63) is 0 Å². The van der Waals surface area contributed by atoms with Crippen molar-refractivity contribution in [1.82, 2.24) is 0 Å². The van der Waals surface area contributed by atoms with Gasteiger partial charge in [-0.15, -0.1) is 0 Å². The van der Waals surface area contributed by atoms with Crippen molar-refractivity contribution < 1.29 is 14.6 Å². The number of hydrogen-bond acceptors (Lipinski definition) is 3. The van der Waals surface area contributed by atoms with Crippen molar-refractivity contribution in [2.24, 2.45) is 17.8 Å². The lowest BCUT2D eigenvalue weighted by atomic mass is 9.75. The van der Waals surface area contributed by atoms with Crippen LogP contribution in [0.1, 0.15) is 71.6 Å². The zero-order chi connectivity index (χ0) is 14.8. The summed E-state index contributed by atoms with van der Waals surface area (Å²) in [6.45, 7) is 4.05. The fourth-order valence-corrected chi connectivity index (χ4v) is 4.82. The highest BCUT2D eigenvalue weighted by atomic mass is 16.7. The standard InChI is InChI=1S/C18H32O3/c1-3-16-11-17(9-12(2)19)21-18(20-16)15-8-7-13-5-4-6-14(13)10-15/h12-19H,3-11H2,1-2H3. The van der Waals surface area contributed by atoms with Crippen LogP contribution < -0.4 is 0 Å². The van der Waals surface area contributed by atoms with Gasteiger partial charge in [-0.3, -0.25) is 0 Å². The Labute approximate surface area is 129 Å². The monoisotopic (exact) mass is 296 g/mol. The minimum Gasteiger partial charge on any atom is -0.393 e. The molecule has 0 aromatic heterocycles. The summed E-state index contributed by atoms with van der Waals surface area (Å²) in [6, 6.07) is 0. The molecule has 2 saturated carbocycles. The average Bonchev–Trinajstić information content (AvgIpc) is 2.93. The molecule has 7 unspecified atom stereocenters. The first-order valence-electron chi connectivity index (χ1n) is 9.14. The van der Waals surface area contributed by atoms with Crippen LogP contribution in [-0.2, 0) is 9.47 Å². The Morgan fingerprint density at radius 1 is 0.952 bits per heavy atom. The predicted molar refractivity (Wildman–Crippen MR) is 82.9 cm³/mol. The Morgan fingerprint density at radius 3 is 2.43 bits per heavy atom. The third-order valence-electron chi connectivity index (χ3n) is 5.95. The van der Waals surface area contributed by atoms with Gasteiger partial charge in [-0.05, 0) is 50.9 Å². The molecule has 21 heavy (non-hydrogen) atoms. The van der Waals surface area contributed by atoms with Gasteiger partial charge in [-0.25, -0.2) is 0 Å². The Morgan fingerprint density at radius 2 is 1.67 bits per heavy atom. The summed E-state index contributed by atoms with van der Waals surface area (Å²) in [7, 11) is 0. The van der Waals surface area contributed by atoms with E-state index in [2.05, 4.69) is 6.92 Å². The van der Waals surface area contributed by atoms with Crippen LogP contribution in [-0.4, -0.2) is 29.7 Å². The number of fused-ring (bicyclic) bond motifs is 1. The van der Waals surface area contributed by atoms with Crippen LogP contribution >= 0.6 is 0 Å². The molecule has 0 spiro atoms. The fourth-order valence-electron chi connectivity index (χ4n) is 4.82. The lowest BCUT2D eigenvalue weighted by Gasteiger charge is -2.42. The van der Waals surface area contributed by atoms with E-state index in [1.807, 2.05) is 6.92 Å². The maximum Gasteiger partial charge on any atom is 0.161 e. The lowest BCUT2D eigenvalue weighted by molar-refractivity contribution is -0.272. The molecule has 2 aliphatic carbocycles. The molecule has 0 aromatic carbocycles. The molecule has 3 heteroatoms. The molecule has 3 fully saturated rings. The number of aliphatic hydroxyl groups is 1. The first-order chi connectivity index (χ1) is 10.2. The summed E-state index contributed by atoms with van der Waals surface area (Å²) >= 11 is 0. The van der Waals surface area contributed by atoms with E-state index < -0.39 is 0 Å². The highest BCUT2D eigenvalue weighted by Gasteiger charge is 2.40. The first-order valence-corrected chi connectivity index (χ1v) is 9.14. The largest absolute Gasteiger partial charge is 0.393 e. The van der Waals surface area contributed by atoms with Gasteiger partial charge in [-0.1, -0.05) is 26.2 Å². The summed E-state index contributed by atoms with van der Waals surface area (Å²) < 4.78 is 12.5. The molecule has 3 nitrogen and oxygen atoms in total. The zero-order valence-corrected chi connectivity index (χ0v) is 13.7. The summed E-state index contributed by atoms with van der Waals surface area (Å²) in [5.74, 6) is 2.49. The molecule has 1 aliphatic heterocycles. The number of ether oxygens (including phenoxy) is 2. The summed E-state index contributed by atoms with van der Waals surface area (Å²) in [4.78, 5) is 0. The van der Waals surface area contributed by atoms with Crippen molar-refractivity contribution in [2.75, 3.05) is 0 Å². The van der Waals surface area contributed by atoms with E-state index >= 15 is 0 Å². The van der Waals surface area contributed by atoms with Crippen molar-refractivity contribution in [2.45, 2.75) is 96.2 Å². The first kappa shape index (κ1) is 15.8. The van der Waals surface area contributed by atoms with E-state index in [9.17, 15) is 5.11 Å². The van der Waals surface area contributed by atoms with Crippen LogP contribution in [0.2, 0.25) is 0 Å². The van der Waals surface area contributed by atoms with Gasteiger partial charge in [0, 0.05) is 12.3 Å². The van der Waals surface area contributed by atoms with Gasteiger partial charge in [0.15, 0.2) is 6.29 Å². The van der Waals surface area contributed by atoms with Gasteiger partial charge in [0.1, 0.15) is 0 Å². The molecule has 0 bridgehead atoms. The van der Waals surface area contributed by atoms with Crippen molar-refractivity contribution >= 4 is 0 Å². The second-order valence-electron chi connectivity index (χ2n) is 7.64. The quantitative estimate of drug-likeness (QED) is 0.855. The lowest BCUT2D eigenvalue weighted by Crippen LogP contribution is -2.44. The zero-order valence-electron chi connectivity index (χ0n) is 13.7. The van der Waals surface area contributed by atoms with E-state index in [0.29, 0.717) is 12.0 Å². The minimum absolute atomic E-state index is 0.0194. The van der Waals surface area contributed by atoms with E-state index in [4.69, 9.17) is 9.47 Å². The van der Waals surface area contributed by atoms with E-state index in [1.165, 1.54) is 38.5 Å². The van der Waals surface area contributed by atoms with Crippen LogP contribution in [0, 0.1) is 17.8 Å². The highest BCUT2D eigenvalue weighted by molar-refractivity contribution is 4.87. The molecule has 0 aromatic rings. The summed E-state index contributed by atoms with van der Waals surface area (Å²) in [5.41, 5.74) is 0. The van der Waals surface area contributed by atoms with Crippen LogP contribution in [0.25, 0.3) is 0 Å². The van der Waals surface area contributed by atoms with Gasteiger partial charge in [0.25, 0.3) is 0 Å². The van der Waals surface area contributed by atoms with Gasteiger partial charge in [-0.2, -0.15) is 0 Å². The molecular weight excluding hydrogens is 264 g/mol. The Hall–Kier alpha value is -0.120.